The van der Waals surface area contributed by atoms with Gasteiger partial charge in [-0.3, -0.25) is 0 Å². The van der Waals surface area contributed by atoms with E-state index < -0.39 is 0 Å². The lowest BCUT2D eigenvalue weighted by molar-refractivity contribution is 0.452. The fourth-order valence-corrected chi connectivity index (χ4v) is 4.50. The van der Waals surface area contributed by atoms with Crippen LogP contribution in [-0.4, -0.2) is 0 Å². The molecule has 4 rings (SSSR count). The lowest BCUT2D eigenvalue weighted by Gasteiger charge is -2.40. The van der Waals surface area contributed by atoms with E-state index in [4.69, 9.17) is 4.74 Å². The lowest BCUT2D eigenvalue weighted by atomic mass is 9.67. The molecule has 0 N–H and O–H groups in total. The summed E-state index contributed by atoms with van der Waals surface area (Å²) in [5.74, 6) is 1.90. The van der Waals surface area contributed by atoms with Gasteiger partial charge in [0.25, 0.3) is 0 Å². The number of benzene rings is 3. The molecule has 1 nitrogen and oxygen atoms in total. The standard InChI is InChI=1S/C30H34O/c1-28(2,3)23-18-24(29(4,5)6)27-25(19-23)31-26(21-14-10-8-11-15-21)20-30(27,7)22-16-12-9-13-17-22/h8-20H,1-7H3. The van der Waals surface area contributed by atoms with Gasteiger partial charge in [0.15, 0.2) is 0 Å². The molecule has 0 saturated heterocycles. The lowest BCUT2D eigenvalue weighted by Crippen LogP contribution is -2.31. The number of ether oxygens (including phenoxy) is 1. The summed E-state index contributed by atoms with van der Waals surface area (Å²) in [5.41, 5.74) is 6.05. The van der Waals surface area contributed by atoms with E-state index >= 15 is 0 Å². The van der Waals surface area contributed by atoms with Crippen LogP contribution in [0.1, 0.15) is 76.3 Å². The van der Waals surface area contributed by atoms with E-state index in [0.29, 0.717) is 0 Å². The van der Waals surface area contributed by atoms with Crippen molar-refractivity contribution in [3.05, 3.63) is 107 Å². The van der Waals surface area contributed by atoms with Gasteiger partial charge >= 0.3 is 0 Å². The Bertz CT molecular complexity index is 1110. The average molecular weight is 411 g/mol. The van der Waals surface area contributed by atoms with Crippen LogP contribution in [0.2, 0.25) is 0 Å². The molecule has 1 heteroatoms. The number of hydrogen-bond acceptors (Lipinski definition) is 1. The van der Waals surface area contributed by atoms with Crippen LogP contribution >= 0.6 is 0 Å². The predicted octanol–water partition coefficient (Wildman–Crippen LogP) is 8.02. The molecule has 31 heavy (non-hydrogen) atoms. The Morgan fingerprint density at radius 2 is 1.29 bits per heavy atom. The van der Waals surface area contributed by atoms with Gasteiger partial charge in [-0.25, -0.2) is 0 Å². The largest absolute Gasteiger partial charge is 0.457 e. The summed E-state index contributed by atoms with van der Waals surface area (Å²) in [6, 6.07) is 25.9. The first-order valence-corrected chi connectivity index (χ1v) is 11.2. The highest BCUT2D eigenvalue weighted by atomic mass is 16.5. The fourth-order valence-electron chi connectivity index (χ4n) is 4.50. The van der Waals surface area contributed by atoms with E-state index in [2.05, 4.69) is 121 Å². The zero-order valence-corrected chi connectivity index (χ0v) is 19.9. The zero-order valence-electron chi connectivity index (χ0n) is 19.9. The molecule has 0 saturated carbocycles. The van der Waals surface area contributed by atoms with Crippen LogP contribution < -0.4 is 4.74 Å². The van der Waals surface area contributed by atoms with E-state index in [1.54, 1.807) is 0 Å². The summed E-state index contributed by atoms with van der Waals surface area (Å²) in [5, 5.41) is 0. The predicted molar refractivity (Wildman–Crippen MR) is 132 cm³/mol. The van der Waals surface area contributed by atoms with Gasteiger partial charge in [0, 0.05) is 16.5 Å². The minimum Gasteiger partial charge on any atom is -0.457 e. The van der Waals surface area contributed by atoms with Gasteiger partial charge in [-0.05, 0) is 46.6 Å². The number of rotatable bonds is 2. The van der Waals surface area contributed by atoms with Gasteiger partial charge in [-0.1, -0.05) is 108 Å². The molecule has 1 heterocycles. The van der Waals surface area contributed by atoms with Crippen molar-refractivity contribution >= 4 is 5.76 Å². The maximum atomic E-state index is 6.67. The van der Waals surface area contributed by atoms with Crippen molar-refractivity contribution in [2.75, 3.05) is 0 Å². The smallest absolute Gasteiger partial charge is 0.132 e. The fraction of sp³-hybridized carbons (Fsp3) is 0.333. The van der Waals surface area contributed by atoms with E-state index in [1.165, 1.54) is 22.3 Å². The quantitative estimate of drug-likeness (QED) is 0.415. The second-order valence-corrected chi connectivity index (χ2v) is 10.9. The van der Waals surface area contributed by atoms with Crippen molar-refractivity contribution in [3.63, 3.8) is 0 Å². The van der Waals surface area contributed by atoms with Gasteiger partial charge < -0.3 is 4.74 Å². The van der Waals surface area contributed by atoms with Crippen molar-refractivity contribution in [1.29, 1.82) is 0 Å². The Morgan fingerprint density at radius 1 is 0.710 bits per heavy atom. The van der Waals surface area contributed by atoms with Gasteiger partial charge in [-0.15, -0.1) is 0 Å². The first-order valence-electron chi connectivity index (χ1n) is 11.2. The summed E-state index contributed by atoms with van der Waals surface area (Å²) in [7, 11) is 0. The van der Waals surface area contributed by atoms with E-state index in [-0.39, 0.29) is 16.2 Å². The molecule has 160 valence electrons. The van der Waals surface area contributed by atoms with Crippen molar-refractivity contribution in [2.24, 2.45) is 0 Å². The summed E-state index contributed by atoms with van der Waals surface area (Å²) >= 11 is 0. The molecule has 1 atom stereocenters. The summed E-state index contributed by atoms with van der Waals surface area (Å²) in [4.78, 5) is 0. The van der Waals surface area contributed by atoms with E-state index in [1.807, 2.05) is 6.07 Å². The van der Waals surface area contributed by atoms with Crippen LogP contribution in [0.15, 0.2) is 78.9 Å². The molecule has 0 radical (unpaired) electrons. The summed E-state index contributed by atoms with van der Waals surface area (Å²) in [6.45, 7) is 16.1. The molecule has 0 fully saturated rings. The Hall–Kier alpha value is -2.80. The minimum atomic E-state index is -0.293. The molecule has 1 unspecified atom stereocenters. The van der Waals surface area contributed by atoms with Crippen molar-refractivity contribution in [1.82, 2.24) is 0 Å². The highest BCUT2D eigenvalue weighted by Crippen LogP contribution is 2.50. The SMILES string of the molecule is CC(C)(C)c1cc2c(c(C(C)(C)C)c1)C(C)(c1ccccc1)C=C(c1ccccc1)O2. The molecule has 3 aromatic carbocycles. The molecule has 0 spiro atoms. The molecular weight excluding hydrogens is 376 g/mol. The topological polar surface area (TPSA) is 9.23 Å². The van der Waals surface area contributed by atoms with Gasteiger partial charge in [0.1, 0.15) is 11.5 Å². The molecule has 0 bridgehead atoms. The Morgan fingerprint density at radius 3 is 1.84 bits per heavy atom. The minimum absolute atomic E-state index is 0.0111. The van der Waals surface area contributed by atoms with Crippen LogP contribution in [0, 0.1) is 0 Å². The maximum Gasteiger partial charge on any atom is 0.132 e. The summed E-state index contributed by atoms with van der Waals surface area (Å²) < 4.78 is 6.67. The molecule has 0 aromatic heterocycles. The van der Waals surface area contributed by atoms with Crippen LogP contribution in [0.3, 0.4) is 0 Å². The average Bonchev–Trinajstić information content (AvgIpc) is 2.73. The molecule has 0 amide bonds. The molecule has 1 aliphatic heterocycles. The molecule has 3 aromatic rings. The Balaban J connectivity index is 2.06. The third kappa shape index (κ3) is 3.94. The first kappa shape index (κ1) is 21.4. The summed E-state index contributed by atoms with van der Waals surface area (Å²) in [6.07, 6.45) is 2.31. The second-order valence-electron chi connectivity index (χ2n) is 10.9. The van der Waals surface area contributed by atoms with Crippen LogP contribution in [-0.2, 0) is 16.2 Å². The van der Waals surface area contributed by atoms with Crippen LogP contribution in [0.4, 0.5) is 0 Å². The Labute approximate surface area is 187 Å². The maximum absolute atomic E-state index is 6.67. The monoisotopic (exact) mass is 410 g/mol. The van der Waals surface area contributed by atoms with Crippen molar-refractivity contribution in [3.8, 4) is 5.75 Å². The van der Waals surface area contributed by atoms with E-state index in [9.17, 15) is 0 Å². The van der Waals surface area contributed by atoms with Gasteiger partial charge in [0.2, 0.25) is 0 Å². The van der Waals surface area contributed by atoms with Crippen molar-refractivity contribution < 1.29 is 4.74 Å². The molecular formula is C30H34O. The van der Waals surface area contributed by atoms with E-state index in [0.717, 1.165) is 17.1 Å². The second kappa shape index (κ2) is 7.41. The van der Waals surface area contributed by atoms with Gasteiger partial charge in [0.05, 0.1) is 0 Å². The number of allylic oxidation sites excluding steroid dienone is 1. The van der Waals surface area contributed by atoms with Crippen LogP contribution in [0.25, 0.3) is 5.76 Å². The third-order valence-electron chi connectivity index (χ3n) is 6.37. The zero-order chi connectivity index (χ0) is 22.4. The normalized spacial score (nSPS) is 18.7. The van der Waals surface area contributed by atoms with Crippen LogP contribution in [0.5, 0.6) is 5.75 Å². The number of fused-ring (bicyclic) bond motifs is 1. The first-order chi connectivity index (χ1) is 14.5. The van der Waals surface area contributed by atoms with Crippen molar-refractivity contribution in [2.45, 2.75) is 64.7 Å². The molecule has 0 aliphatic carbocycles. The molecule has 1 aliphatic rings. The van der Waals surface area contributed by atoms with Gasteiger partial charge in [-0.2, -0.15) is 0 Å². The highest BCUT2D eigenvalue weighted by molar-refractivity contribution is 5.72. The third-order valence-corrected chi connectivity index (χ3v) is 6.37. The highest BCUT2D eigenvalue weighted by Gasteiger charge is 2.40. The Kier molecular flexibility index (Phi) is 5.12. The number of hydrogen-bond donors (Lipinski definition) is 0.